The lowest BCUT2D eigenvalue weighted by Crippen LogP contribution is -2.43. The Kier molecular flexibility index (Phi) is 7.33. The molecule has 0 radical (unpaired) electrons. The van der Waals surface area contributed by atoms with Gasteiger partial charge < -0.3 is 14.5 Å². The molecule has 2 aliphatic heterocycles. The number of hydrogen-bond acceptors (Lipinski definition) is 4. The molecule has 0 spiro atoms. The predicted molar refractivity (Wildman–Crippen MR) is 136 cm³/mol. The van der Waals surface area contributed by atoms with Gasteiger partial charge in [0.05, 0.1) is 6.54 Å². The Morgan fingerprint density at radius 1 is 0.972 bits per heavy atom. The van der Waals surface area contributed by atoms with Gasteiger partial charge in [-0.15, -0.1) is 0 Å². The van der Waals surface area contributed by atoms with Crippen molar-refractivity contribution in [1.82, 2.24) is 9.80 Å². The van der Waals surface area contributed by atoms with Crippen molar-refractivity contribution in [2.45, 2.75) is 58.7 Å². The average molecular weight is 496 g/mol. The van der Waals surface area contributed by atoms with Crippen LogP contribution in [0.1, 0.15) is 58.8 Å². The molecule has 192 valence electrons. The molecule has 1 unspecified atom stereocenters. The number of nitrogens with zero attached hydrogens (tertiary/aromatic N) is 2. The highest BCUT2D eigenvalue weighted by atomic mass is 19.1. The number of benzene rings is 2. The first-order valence-electron chi connectivity index (χ1n) is 12.5. The van der Waals surface area contributed by atoms with Crippen LogP contribution in [0.3, 0.4) is 0 Å². The summed E-state index contributed by atoms with van der Waals surface area (Å²) >= 11 is 0. The molecule has 36 heavy (non-hydrogen) atoms. The molecular weight excluding hydrogens is 461 g/mol. The van der Waals surface area contributed by atoms with Gasteiger partial charge in [-0.25, -0.2) is 9.18 Å². The second kappa shape index (κ2) is 10.3. The first-order chi connectivity index (χ1) is 17.1. The maximum Gasteiger partial charge on any atom is 0.411 e. The Labute approximate surface area is 211 Å². The van der Waals surface area contributed by atoms with Crippen molar-refractivity contribution in [1.29, 1.82) is 0 Å². The molecule has 2 fully saturated rings. The number of piperidine rings is 1. The smallest absolute Gasteiger partial charge is 0.411 e. The first kappa shape index (κ1) is 25.7. The average Bonchev–Trinajstić information content (AvgIpc) is 3.30. The number of rotatable bonds is 4. The number of alkyl halides is 1. The summed E-state index contributed by atoms with van der Waals surface area (Å²) in [4.78, 5) is 40.7. The van der Waals surface area contributed by atoms with Crippen LogP contribution in [0.15, 0.2) is 36.4 Å². The lowest BCUT2D eigenvalue weighted by atomic mass is 9.85. The molecule has 2 aromatic rings. The van der Waals surface area contributed by atoms with Crippen molar-refractivity contribution in [2.75, 3.05) is 31.5 Å². The maximum atomic E-state index is 15.6. The summed E-state index contributed by atoms with van der Waals surface area (Å²) in [5.74, 6) is -0.219. The predicted octanol–water partition coefficient (Wildman–Crippen LogP) is 4.88. The summed E-state index contributed by atoms with van der Waals surface area (Å²) < 4.78 is 21.1. The van der Waals surface area contributed by atoms with E-state index in [1.807, 2.05) is 51.1 Å². The number of nitrogens with one attached hydrogen (secondary N) is 1. The number of hydrogen-bond donors (Lipinski definition) is 1. The van der Waals surface area contributed by atoms with Gasteiger partial charge in [-0.2, -0.15) is 0 Å². The third kappa shape index (κ3) is 5.53. The molecule has 0 saturated carbocycles. The SMILES string of the molecule is CC(=O)N1CCC(OC(=O)Nc2cc(C(=O)N3CCC(F)(c4ccc(C)cc4)CC3)c(C)cc2C)C1. The van der Waals surface area contributed by atoms with E-state index < -0.39 is 11.8 Å². The molecule has 1 N–H and O–H groups in total. The van der Waals surface area contributed by atoms with Crippen LogP contribution in [-0.4, -0.2) is 60.0 Å². The molecule has 1 atom stereocenters. The Morgan fingerprint density at radius 2 is 1.64 bits per heavy atom. The molecule has 0 aromatic heterocycles. The van der Waals surface area contributed by atoms with Crippen LogP contribution in [0.2, 0.25) is 0 Å². The second-order valence-corrected chi connectivity index (χ2v) is 10.0. The summed E-state index contributed by atoms with van der Waals surface area (Å²) in [7, 11) is 0. The largest absolute Gasteiger partial charge is 0.444 e. The number of carbonyl (C=O) groups excluding carboxylic acids is 3. The van der Waals surface area contributed by atoms with E-state index in [0.29, 0.717) is 49.4 Å². The summed E-state index contributed by atoms with van der Waals surface area (Å²) in [6, 6.07) is 11.0. The molecular formula is C28H34FN3O4. The summed E-state index contributed by atoms with van der Waals surface area (Å²) in [5.41, 5.74) is 2.86. The van der Waals surface area contributed by atoms with Crippen LogP contribution < -0.4 is 5.32 Å². The fourth-order valence-electron chi connectivity index (χ4n) is 4.99. The van der Waals surface area contributed by atoms with E-state index in [0.717, 1.165) is 16.7 Å². The van der Waals surface area contributed by atoms with E-state index in [4.69, 9.17) is 4.74 Å². The molecule has 4 rings (SSSR count). The fourth-order valence-corrected chi connectivity index (χ4v) is 4.99. The van der Waals surface area contributed by atoms with E-state index in [2.05, 4.69) is 5.32 Å². The van der Waals surface area contributed by atoms with Crippen LogP contribution in [0, 0.1) is 20.8 Å². The topological polar surface area (TPSA) is 79.0 Å². The van der Waals surface area contributed by atoms with Gasteiger partial charge in [0, 0.05) is 57.1 Å². The van der Waals surface area contributed by atoms with Crippen molar-refractivity contribution in [3.8, 4) is 0 Å². The van der Waals surface area contributed by atoms with Crippen LogP contribution in [0.4, 0.5) is 14.9 Å². The zero-order valence-corrected chi connectivity index (χ0v) is 21.4. The van der Waals surface area contributed by atoms with Gasteiger partial charge in [0.1, 0.15) is 11.8 Å². The van der Waals surface area contributed by atoms with Gasteiger partial charge in [0.25, 0.3) is 5.91 Å². The lowest BCUT2D eigenvalue weighted by Gasteiger charge is -2.37. The third-order valence-corrected chi connectivity index (χ3v) is 7.31. The zero-order valence-electron chi connectivity index (χ0n) is 21.4. The number of likely N-dealkylation sites (tertiary alicyclic amines) is 2. The minimum atomic E-state index is -1.44. The normalized spacial score (nSPS) is 19.2. The Hall–Kier alpha value is -3.42. The van der Waals surface area contributed by atoms with Crippen LogP contribution in [-0.2, 0) is 15.2 Å². The van der Waals surface area contributed by atoms with Crippen molar-refractivity contribution >= 4 is 23.6 Å². The van der Waals surface area contributed by atoms with Gasteiger partial charge in [-0.1, -0.05) is 35.9 Å². The highest BCUT2D eigenvalue weighted by molar-refractivity contribution is 5.98. The highest BCUT2D eigenvalue weighted by Gasteiger charge is 2.38. The molecule has 0 bridgehead atoms. The molecule has 2 aromatic carbocycles. The molecule has 2 aliphatic rings. The third-order valence-electron chi connectivity index (χ3n) is 7.31. The Bertz CT molecular complexity index is 1160. The van der Waals surface area contributed by atoms with Gasteiger partial charge in [0.2, 0.25) is 5.91 Å². The van der Waals surface area contributed by atoms with Gasteiger partial charge in [-0.05, 0) is 43.5 Å². The van der Waals surface area contributed by atoms with E-state index in [-0.39, 0.29) is 30.8 Å². The summed E-state index contributed by atoms with van der Waals surface area (Å²) in [6.45, 7) is 8.75. The van der Waals surface area contributed by atoms with Gasteiger partial charge in [0.15, 0.2) is 0 Å². The Morgan fingerprint density at radius 3 is 2.25 bits per heavy atom. The quantitative estimate of drug-likeness (QED) is 0.656. The molecule has 8 heteroatoms. The molecule has 0 aliphatic carbocycles. The molecule has 2 saturated heterocycles. The van der Waals surface area contributed by atoms with E-state index in [9.17, 15) is 14.4 Å². The molecule has 7 nitrogen and oxygen atoms in total. The lowest BCUT2D eigenvalue weighted by molar-refractivity contribution is -0.128. The van der Waals surface area contributed by atoms with Crippen molar-refractivity contribution < 1.29 is 23.5 Å². The number of halogens is 1. The zero-order chi connectivity index (χ0) is 26.0. The van der Waals surface area contributed by atoms with E-state index in [1.54, 1.807) is 15.9 Å². The summed E-state index contributed by atoms with van der Waals surface area (Å²) in [5, 5.41) is 2.75. The van der Waals surface area contributed by atoms with Crippen molar-refractivity contribution in [3.63, 3.8) is 0 Å². The van der Waals surface area contributed by atoms with Crippen LogP contribution in [0.5, 0.6) is 0 Å². The monoisotopic (exact) mass is 495 g/mol. The van der Waals surface area contributed by atoms with E-state index >= 15 is 4.39 Å². The molecule has 3 amide bonds. The fraction of sp³-hybridized carbons (Fsp3) is 0.464. The van der Waals surface area contributed by atoms with Gasteiger partial charge in [-0.3, -0.25) is 14.9 Å². The van der Waals surface area contributed by atoms with Crippen LogP contribution >= 0.6 is 0 Å². The standard InChI is InChI=1S/C28H34FN3O4/c1-18-5-7-22(8-6-18)28(29)10-13-31(14-11-28)26(34)24-16-25(20(3)15-19(24)2)30-27(35)36-23-9-12-32(17-23)21(4)33/h5-8,15-16,23H,9-14,17H2,1-4H3,(H,30,35). The van der Waals surface area contributed by atoms with E-state index in [1.165, 1.54) is 6.92 Å². The number of carbonyl (C=O) groups is 3. The van der Waals surface area contributed by atoms with Crippen molar-refractivity contribution in [2.24, 2.45) is 0 Å². The maximum absolute atomic E-state index is 15.6. The minimum absolute atomic E-state index is 0.0411. The minimum Gasteiger partial charge on any atom is -0.444 e. The number of ether oxygens (including phenoxy) is 1. The number of amides is 3. The highest BCUT2D eigenvalue weighted by Crippen LogP contribution is 2.37. The van der Waals surface area contributed by atoms with Gasteiger partial charge >= 0.3 is 6.09 Å². The molecule has 2 heterocycles. The number of anilines is 1. The van der Waals surface area contributed by atoms with Crippen molar-refractivity contribution in [3.05, 3.63) is 64.2 Å². The number of aryl methyl sites for hydroxylation is 3. The first-order valence-corrected chi connectivity index (χ1v) is 12.5. The Balaban J connectivity index is 1.41. The van der Waals surface area contributed by atoms with Crippen LogP contribution in [0.25, 0.3) is 0 Å². The summed E-state index contributed by atoms with van der Waals surface area (Å²) in [6.07, 6.45) is 0.0979. The second-order valence-electron chi connectivity index (χ2n) is 10.0.